The Morgan fingerprint density at radius 1 is 1.37 bits per heavy atom. The van der Waals surface area contributed by atoms with Gasteiger partial charge in [0.05, 0.1) is 17.6 Å². The third-order valence-corrected chi connectivity index (χ3v) is 4.35. The van der Waals surface area contributed by atoms with Crippen LogP contribution in [0.4, 0.5) is 4.39 Å². The van der Waals surface area contributed by atoms with E-state index in [0.29, 0.717) is 6.17 Å². The largest absolute Gasteiger partial charge is 0.370 e. The van der Waals surface area contributed by atoms with Crippen molar-refractivity contribution in [2.24, 2.45) is 7.05 Å². The number of halogens is 1. The molecule has 2 aliphatic rings. The minimum Gasteiger partial charge on any atom is -0.370 e. The average molecular weight is 257 g/mol. The van der Waals surface area contributed by atoms with Crippen LogP contribution in [0, 0.1) is 5.82 Å². The van der Waals surface area contributed by atoms with Crippen LogP contribution >= 0.6 is 0 Å². The molecule has 2 aromatic rings. The summed E-state index contributed by atoms with van der Waals surface area (Å²) in [6, 6.07) is 5.07. The molecule has 0 spiro atoms. The van der Waals surface area contributed by atoms with Crippen LogP contribution < -0.4 is 5.32 Å². The van der Waals surface area contributed by atoms with Crippen LogP contribution in [0.25, 0.3) is 16.6 Å². The average Bonchev–Trinajstić information content (AvgIpc) is 2.90. The van der Waals surface area contributed by atoms with Gasteiger partial charge in [0.1, 0.15) is 5.82 Å². The molecule has 0 amide bonds. The number of aromatic nitrogens is 1. The number of hydrogen-bond acceptors (Lipinski definition) is 2. The zero-order valence-electron chi connectivity index (χ0n) is 11.1. The van der Waals surface area contributed by atoms with Crippen LogP contribution in [0.5, 0.6) is 0 Å². The lowest BCUT2D eigenvalue weighted by Crippen LogP contribution is -2.37. The summed E-state index contributed by atoms with van der Waals surface area (Å²) in [4.78, 5) is 2.37. The molecule has 2 aliphatic heterocycles. The van der Waals surface area contributed by atoms with Crippen molar-refractivity contribution in [3.8, 4) is 0 Å². The predicted octanol–water partition coefficient (Wildman–Crippen LogP) is 2.42. The van der Waals surface area contributed by atoms with Gasteiger partial charge in [-0.25, -0.2) is 4.39 Å². The highest BCUT2D eigenvalue weighted by atomic mass is 19.1. The first-order chi connectivity index (χ1) is 9.16. The summed E-state index contributed by atoms with van der Waals surface area (Å²) in [5.74, 6) is -0.157. The standard InChI is InChI=1S/C15H16FN3/c1-9-17-8-14-15-11(5-6-19(9)14)12-7-10(16)3-4-13(12)18(15)2/h3-4,7-9,17H,5-6H2,1-2H3. The van der Waals surface area contributed by atoms with Gasteiger partial charge in [0.15, 0.2) is 0 Å². The first-order valence-electron chi connectivity index (χ1n) is 6.67. The van der Waals surface area contributed by atoms with Crippen molar-refractivity contribution in [3.63, 3.8) is 0 Å². The van der Waals surface area contributed by atoms with Crippen LogP contribution in [0.15, 0.2) is 24.4 Å². The van der Waals surface area contributed by atoms with E-state index in [9.17, 15) is 4.39 Å². The van der Waals surface area contributed by atoms with Crippen molar-refractivity contribution in [1.29, 1.82) is 0 Å². The molecule has 0 aliphatic carbocycles. The van der Waals surface area contributed by atoms with E-state index in [4.69, 9.17) is 0 Å². The van der Waals surface area contributed by atoms with Gasteiger partial charge in [-0.1, -0.05) is 0 Å². The molecule has 1 aromatic carbocycles. The van der Waals surface area contributed by atoms with Crippen LogP contribution in [-0.2, 0) is 13.5 Å². The maximum Gasteiger partial charge on any atom is 0.123 e. The van der Waals surface area contributed by atoms with Gasteiger partial charge in [-0.15, -0.1) is 0 Å². The van der Waals surface area contributed by atoms with Crippen LogP contribution in [0.2, 0.25) is 0 Å². The van der Waals surface area contributed by atoms with E-state index in [0.717, 1.165) is 23.9 Å². The molecule has 4 rings (SSSR count). The molecule has 4 heteroatoms. The topological polar surface area (TPSA) is 20.2 Å². The fraction of sp³-hybridized carbons (Fsp3) is 0.333. The first kappa shape index (κ1) is 10.9. The minimum absolute atomic E-state index is 0.157. The van der Waals surface area contributed by atoms with Crippen molar-refractivity contribution in [2.75, 3.05) is 6.54 Å². The first-order valence-corrected chi connectivity index (χ1v) is 6.67. The van der Waals surface area contributed by atoms with E-state index < -0.39 is 0 Å². The quantitative estimate of drug-likeness (QED) is 0.782. The summed E-state index contributed by atoms with van der Waals surface area (Å²) >= 11 is 0. The smallest absolute Gasteiger partial charge is 0.123 e. The predicted molar refractivity (Wildman–Crippen MR) is 73.9 cm³/mol. The highest BCUT2D eigenvalue weighted by Gasteiger charge is 2.32. The van der Waals surface area contributed by atoms with Gasteiger partial charge in [0.2, 0.25) is 0 Å². The molecule has 3 heterocycles. The second-order valence-electron chi connectivity index (χ2n) is 5.36. The Morgan fingerprint density at radius 3 is 3.05 bits per heavy atom. The Balaban J connectivity index is 2.03. The van der Waals surface area contributed by atoms with E-state index in [2.05, 4.69) is 35.0 Å². The van der Waals surface area contributed by atoms with Gasteiger partial charge in [-0.2, -0.15) is 0 Å². The van der Waals surface area contributed by atoms with Gasteiger partial charge in [0.25, 0.3) is 0 Å². The molecule has 0 radical (unpaired) electrons. The van der Waals surface area contributed by atoms with Crippen LogP contribution in [-0.4, -0.2) is 22.2 Å². The number of hydrogen-bond donors (Lipinski definition) is 1. The molecule has 0 fully saturated rings. The molecule has 1 N–H and O–H groups in total. The number of aryl methyl sites for hydroxylation is 1. The molecule has 1 unspecified atom stereocenters. The van der Waals surface area contributed by atoms with Gasteiger partial charge in [0, 0.05) is 30.7 Å². The monoisotopic (exact) mass is 257 g/mol. The van der Waals surface area contributed by atoms with E-state index in [1.165, 1.54) is 23.0 Å². The lowest BCUT2D eigenvalue weighted by atomic mass is 10.0. The highest BCUT2D eigenvalue weighted by molar-refractivity contribution is 5.91. The molecule has 3 nitrogen and oxygen atoms in total. The number of nitrogens with zero attached hydrogens (tertiary/aromatic N) is 2. The minimum atomic E-state index is -0.157. The summed E-state index contributed by atoms with van der Waals surface area (Å²) < 4.78 is 15.7. The van der Waals surface area contributed by atoms with Crippen molar-refractivity contribution >= 4 is 16.6 Å². The molecule has 98 valence electrons. The Bertz CT molecular complexity index is 714. The third kappa shape index (κ3) is 1.31. The van der Waals surface area contributed by atoms with E-state index in [1.54, 1.807) is 6.07 Å². The Labute approximate surface area is 111 Å². The number of fused-ring (bicyclic) bond motifs is 5. The van der Waals surface area contributed by atoms with Gasteiger partial charge in [-0.05, 0) is 37.1 Å². The highest BCUT2D eigenvalue weighted by Crippen LogP contribution is 2.38. The lowest BCUT2D eigenvalue weighted by Gasteiger charge is -2.31. The normalized spacial score (nSPS) is 21.1. The van der Waals surface area contributed by atoms with Crippen molar-refractivity contribution in [1.82, 2.24) is 14.8 Å². The summed E-state index contributed by atoms with van der Waals surface area (Å²) in [5, 5.41) is 4.42. The summed E-state index contributed by atoms with van der Waals surface area (Å²) in [7, 11) is 2.06. The maximum absolute atomic E-state index is 13.5. The second-order valence-corrected chi connectivity index (χ2v) is 5.36. The van der Waals surface area contributed by atoms with Crippen molar-refractivity contribution < 1.29 is 4.39 Å². The second kappa shape index (κ2) is 3.53. The zero-order valence-corrected chi connectivity index (χ0v) is 11.1. The van der Waals surface area contributed by atoms with Gasteiger partial charge in [-0.3, -0.25) is 0 Å². The SMILES string of the molecule is CC1NC=C2c3c(c4cc(F)ccc4n3C)CCN21. The number of rotatable bonds is 0. The van der Waals surface area contributed by atoms with Crippen molar-refractivity contribution in [3.05, 3.63) is 41.5 Å². The van der Waals surface area contributed by atoms with Crippen molar-refractivity contribution in [2.45, 2.75) is 19.5 Å². The molecule has 0 saturated heterocycles. The maximum atomic E-state index is 13.5. The number of nitrogens with one attached hydrogen (secondary N) is 1. The summed E-state index contributed by atoms with van der Waals surface area (Å²) in [6.45, 7) is 3.15. The molecule has 1 aromatic heterocycles. The Kier molecular flexibility index (Phi) is 2.03. The third-order valence-electron chi connectivity index (χ3n) is 4.35. The van der Waals surface area contributed by atoms with E-state index in [-0.39, 0.29) is 5.82 Å². The summed E-state index contributed by atoms with van der Waals surface area (Å²) in [5.41, 5.74) is 4.83. The Morgan fingerprint density at radius 2 is 2.21 bits per heavy atom. The molecule has 0 bridgehead atoms. The molecule has 1 atom stereocenters. The number of benzene rings is 1. The van der Waals surface area contributed by atoms with Crippen LogP contribution in [0.1, 0.15) is 18.2 Å². The fourth-order valence-electron chi connectivity index (χ4n) is 3.40. The van der Waals surface area contributed by atoms with Gasteiger partial charge < -0.3 is 14.8 Å². The molecular weight excluding hydrogens is 241 g/mol. The van der Waals surface area contributed by atoms with E-state index >= 15 is 0 Å². The molecular formula is C15H16FN3. The van der Waals surface area contributed by atoms with Crippen LogP contribution in [0.3, 0.4) is 0 Å². The fourth-order valence-corrected chi connectivity index (χ4v) is 3.40. The van der Waals surface area contributed by atoms with E-state index in [1.807, 2.05) is 6.07 Å². The lowest BCUT2D eigenvalue weighted by molar-refractivity contribution is 0.307. The molecule has 0 saturated carbocycles. The zero-order chi connectivity index (χ0) is 13.1. The van der Waals surface area contributed by atoms with Gasteiger partial charge >= 0.3 is 0 Å². The molecule has 19 heavy (non-hydrogen) atoms. The summed E-state index contributed by atoms with van der Waals surface area (Å²) in [6.07, 6.45) is 3.40. The Hall–Kier alpha value is -1.97.